The molecule has 0 spiro atoms. The van der Waals surface area contributed by atoms with Crippen molar-refractivity contribution in [1.29, 1.82) is 5.41 Å². The second kappa shape index (κ2) is 12.7. The van der Waals surface area contributed by atoms with Crippen LogP contribution >= 0.6 is 7.75 Å². The number of nitrogens with two attached hydrogens (primary N) is 1. The van der Waals surface area contributed by atoms with Gasteiger partial charge in [0.1, 0.15) is 11.8 Å². The van der Waals surface area contributed by atoms with Crippen LogP contribution in [-0.4, -0.2) is 70.7 Å². The lowest BCUT2D eigenvalue weighted by Crippen LogP contribution is -2.37. The number of anilines is 2. The van der Waals surface area contributed by atoms with E-state index in [-0.39, 0.29) is 36.7 Å². The Morgan fingerprint density at radius 2 is 1.96 bits per heavy atom. The van der Waals surface area contributed by atoms with Crippen molar-refractivity contribution in [2.24, 2.45) is 5.41 Å². The summed E-state index contributed by atoms with van der Waals surface area (Å²) in [6, 6.07) is 11.8. The first kappa shape index (κ1) is 32.3. The lowest BCUT2D eigenvalue weighted by molar-refractivity contribution is -0.148. The predicted octanol–water partition coefficient (Wildman–Crippen LogP) is 4.71. The highest BCUT2D eigenvalue weighted by Gasteiger charge is 2.38. The van der Waals surface area contributed by atoms with Crippen LogP contribution in [0.25, 0.3) is 21.9 Å². The van der Waals surface area contributed by atoms with Gasteiger partial charge in [-0.2, -0.15) is 15.1 Å². The van der Waals surface area contributed by atoms with E-state index in [2.05, 4.69) is 20.0 Å². The average molecular weight is 639 g/mol. The van der Waals surface area contributed by atoms with Crippen LogP contribution < -0.4 is 20.2 Å². The number of hydrogen-bond donors (Lipinski definition) is 3. The van der Waals surface area contributed by atoms with Gasteiger partial charge in [0.15, 0.2) is 23.2 Å². The van der Waals surface area contributed by atoms with E-state index >= 15 is 0 Å². The Morgan fingerprint density at radius 3 is 2.69 bits per heavy atom. The molecule has 0 saturated carbocycles. The Morgan fingerprint density at radius 1 is 1.22 bits per heavy atom. The van der Waals surface area contributed by atoms with Crippen molar-refractivity contribution in [2.75, 3.05) is 37.9 Å². The summed E-state index contributed by atoms with van der Waals surface area (Å²) in [7, 11) is -0.560. The molecule has 2 aromatic carbocycles. The molecule has 1 fully saturated rings. The molecule has 45 heavy (non-hydrogen) atoms. The van der Waals surface area contributed by atoms with Crippen LogP contribution in [0.2, 0.25) is 0 Å². The fraction of sp³-hybridized carbons (Fsp3) is 0.433. The van der Waals surface area contributed by atoms with Crippen LogP contribution in [0.3, 0.4) is 0 Å². The van der Waals surface area contributed by atoms with E-state index in [0.29, 0.717) is 22.7 Å². The molecule has 4 N–H and O–H groups in total. The van der Waals surface area contributed by atoms with Crippen molar-refractivity contribution >= 4 is 53.1 Å². The summed E-state index contributed by atoms with van der Waals surface area (Å²) in [5.41, 5.74) is 6.87. The number of hydrogen-bond acceptors (Lipinski definition) is 12. The number of aromatic nitrogens is 4. The summed E-state index contributed by atoms with van der Waals surface area (Å²) in [5, 5.41) is 13.0. The summed E-state index contributed by atoms with van der Waals surface area (Å²) >= 11 is 0. The Hall–Kier alpha value is -4.10. The van der Waals surface area contributed by atoms with E-state index in [1.165, 1.54) is 13.3 Å². The molecular weight excluding hydrogens is 599 g/mol. The van der Waals surface area contributed by atoms with Crippen molar-refractivity contribution in [2.45, 2.75) is 52.5 Å². The number of fused-ring (bicyclic) bond motifs is 2. The standard InChI is InChI=1S/C30H39N8O6P/c1-18(28(39)41-16-30(2,3)4)36-45(40,44-23-13-9-11-19-10-7-8-12-21(19)23)42-15-20-14-22(31)27(43-20)38-17-33-24-25(37(5)6)34-29(32)35-26(24)38/h7-13,17-18,20,27,31H,14-16H2,1-6H3,(H,36,40)(H2,32,34,35)/t18-,20+,27-,45-/m1/s1. The van der Waals surface area contributed by atoms with Crippen molar-refractivity contribution in [3.8, 4) is 5.75 Å². The lowest BCUT2D eigenvalue weighted by Gasteiger charge is -2.25. The Balaban J connectivity index is 1.35. The maximum absolute atomic E-state index is 14.3. The zero-order valence-electron chi connectivity index (χ0n) is 26.2. The van der Waals surface area contributed by atoms with Crippen LogP contribution in [0.5, 0.6) is 5.75 Å². The molecule has 5 rings (SSSR count). The van der Waals surface area contributed by atoms with E-state index in [1.807, 2.05) is 65.2 Å². The Labute approximate surface area is 261 Å². The molecule has 0 amide bonds. The third-order valence-corrected chi connectivity index (χ3v) is 8.54. The zero-order valence-corrected chi connectivity index (χ0v) is 27.1. The summed E-state index contributed by atoms with van der Waals surface area (Å²) in [6.07, 6.45) is 0.199. The van der Waals surface area contributed by atoms with Gasteiger partial charge in [0.2, 0.25) is 5.95 Å². The monoisotopic (exact) mass is 638 g/mol. The van der Waals surface area contributed by atoms with Gasteiger partial charge < -0.3 is 30.0 Å². The van der Waals surface area contributed by atoms with E-state index in [1.54, 1.807) is 21.6 Å². The third kappa shape index (κ3) is 7.42. The van der Waals surface area contributed by atoms with Gasteiger partial charge >= 0.3 is 13.7 Å². The molecule has 1 aliphatic rings. The summed E-state index contributed by atoms with van der Waals surface area (Å²) in [6.45, 7) is 7.34. The zero-order chi connectivity index (χ0) is 32.5. The summed E-state index contributed by atoms with van der Waals surface area (Å²) in [5.74, 6) is 0.314. The molecule has 2 aromatic heterocycles. The third-order valence-electron chi connectivity index (χ3n) is 6.91. The van der Waals surface area contributed by atoms with Gasteiger partial charge in [0, 0.05) is 25.9 Å². The quantitative estimate of drug-likeness (QED) is 0.152. The molecule has 4 atom stereocenters. The van der Waals surface area contributed by atoms with Crippen LogP contribution in [0, 0.1) is 10.8 Å². The lowest BCUT2D eigenvalue weighted by atomic mass is 9.99. The summed E-state index contributed by atoms with van der Waals surface area (Å²) in [4.78, 5) is 27.6. The smallest absolute Gasteiger partial charge is 0.459 e. The number of nitrogens with one attached hydrogen (secondary N) is 2. The molecule has 1 aliphatic heterocycles. The maximum Gasteiger partial charge on any atom is 0.459 e. The number of esters is 1. The second-order valence-electron chi connectivity index (χ2n) is 12.3. The number of rotatable bonds is 11. The van der Waals surface area contributed by atoms with Crippen molar-refractivity contribution < 1.29 is 27.9 Å². The van der Waals surface area contributed by atoms with Gasteiger partial charge in [-0.3, -0.25) is 13.9 Å². The minimum absolute atomic E-state index is 0.0603. The predicted molar refractivity (Wildman–Crippen MR) is 171 cm³/mol. The first-order valence-electron chi connectivity index (χ1n) is 14.5. The SMILES string of the molecule is C[C@@H](N[P@@](=O)(OC[C@@H]1CC(=N)[C@H](n2cnc3c(N(C)C)nc(N)nc32)O1)Oc1cccc2ccccc12)C(=O)OCC(C)(C)C. The first-order chi connectivity index (χ1) is 21.2. The number of nitrogen functional groups attached to an aromatic ring is 1. The van der Waals surface area contributed by atoms with Crippen LogP contribution in [-0.2, 0) is 23.4 Å². The number of imidazole rings is 1. The molecule has 1 saturated heterocycles. The second-order valence-corrected chi connectivity index (χ2v) is 14.0. The fourth-order valence-corrected chi connectivity index (χ4v) is 6.31. The fourth-order valence-electron chi connectivity index (χ4n) is 4.77. The molecule has 0 radical (unpaired) electrons. The normalized spacial score (nSPS) is 19.0. The number of benzene rings is 2. The van der Waals surface area contributed by atoms with Gasteiger partial charge in [0.05, 0.1) is 31.4 Å². The molecule has 240 valence electrons. The van der Waals surface area contributed by atoms with Gasteiger partial charge in [-0.1, -0.05) is 57.2 Å². The molecule has 15 heteroatoms. The van der Waals surface area contributed by atoms with E-state index in [4.69, 9.17) is 29.7 Å². The average Bonchev–Trinajstić information content (AvgIpc) is 3.56. The van der Waals surface area contributed by atoms with Crippen molar-refractivity contribution in [3.63, 3.8) is 0 Å². The van der Waals surface area contributed by atoms with Crippen molar-refractivity contribution in [1.82, 2.24) is 24.6 Å². The molecule has 0 aliphatic carbocycles. The molecule has 14 nitrogen and oxygen atoms in total. The minimum atomic E-state index is -4.20. The van der Waals surface area contributed by atoms with Crippen LogP contribution in [0.1, 0.15) is 40.3 Å². The molecule has 0 bridgehead atoms. The summed E-state index contributed by atoms with van der Waals surface area (Å²) < 4.78 is 39.4. The van der Waals surface area contributed by atoms with Gasteiger partial charge in [-0.05, 0) is 23.8 Å². The number of carbonyl (C=O) groups is 1. The van der Waals surface area contributed by atoms with Crippen LogP contribution in [0.15, 0.2) is 48.8 Å². The first-order valence-corrected chi connectivity index (χ1v) is 16.0. The van der Waals surface area contributed by atoms with Gasteiger partial charge in [0.25, 0.3) is 0 Å². The van der Waals surface area contributed by atoms with Crippen molar-refractivity contribution in [3.05, 3.63) is 48.8 Å². The maximum atomic E-state index is 14.3. The number of ether oxygens (including phenoxy) is 2. The Bertz CT molecular complexity index is 1770. The Kier molecular flexibility index (Phi) is 9.13. The van der Waals surface area contributed by atoms with E-state index in [9.17, 15) is 9.36 Å². The van der Waals surface area contributed by atoms with E-state index < -0.39 is 32.1 Å². The highest BCUT2D eigenvalue weighted by molar-refractivity contribution is 7.52. The number of nitrogens with zero attached hydrogens (tertiary/aromatic N) is 5. The molecular formula is C30H39N8O6P. The number of carbonyl (C=O) groups excluding carboxylic acids is 1. The highest BCUT2D eigenvalue weighted by Crippen LogP contribution is 2.47. The largest absolute Gasteiger partial charge is 0.464 e. The van der Waals surface area contributed by atoms with E-state index in [0.717, 1.165) is 10.8 Å². The molecule has 3 heterocycles. The van der Waals surface area contributed by atoms with Gasteiger partial charge in [-0.15, -0.1) is 0 Å². The van der Waals surface area contributed by atoms with Crippen LogP contribution in [0.4, 0.5) is 11.8 Å². The minimum Gasteiger partial charge on any atom is -0.464 e. The van der Waals surface area contributed by atoms with Gasteiger partial charge in [-0.25, -0.2) is 9.55 Å². The molecule has 4 aromatic rings. The molecule has 0 unspecified atom stereocenters. The highest BCUT2D eigenvalue weighted by atomic mass is 31.2. The topological polar surface area (TPSA) is 180 Å².